The van der Waals surface area contributed by atoms with Crippen molar-refractivity contribution in [3.05, 3.63) is 40.4 Å². The summed E-state index contributed by atoms with van der Waals surface area (Å²) >= 11 is 3.40. The molecule has 2 aliphatic rings. The molecule has 1 aliphatic heterocycles. The first kappa shape index (κ1) is 24.5. The van der Waals surface area contributed by atoms with Crippen molar-refractivity contribution in [3.8, 4) is 11.5 Å². The minimum absolute atomic E-state index is 0.0140. The zero-order chi connectivity index (χ0) is 24.6. The summed E-state index contributed by atoms with van der Waals surface area (Å²) in [5.41, 5.74) is 1.81. The molecule has 0 saturated heterocycles. The highest BCUT2D eigenvalue weighted by atomic mass is 79.9. The van der Waals surface area contributed by atoms with Crippen LogP contribution in [0.3, 0.4) is 0 Å². The van der Waals surface area contributed by atoms with Crippen molar-refractivity contribution in [2.45, 2.75) is 30.6 Å². The van der Waals surface area contributed by atoms with E-state index in [1.807, 2.05) is 6.07 Å². The molecule has 4 rings (SSSR count). The lowest BCUT2D eigenvalue weighted by molar-refractivity contribution is -0.120. The molecule has 0 bridgehead atoms. The number of methoxy groups -OCH3 is 2. The Morgan fingerprint density at radius 2 is 1.88 bits per heavy atom. The van der Waals surface area contributed by atoms with Crippen LogP contribution in [0.4, 0.5) is 11.4 Å². The number of amides is 2. The molecule has 10 heteroatoms. The molecule has 8 nitrogen and oxygen atoms in total. The third-order valence-electron chi connectivity index (χ3n) is 6.23. The third kappa shape index (κ3) is 4.79. The first-order valence-corrected chi connectivity index (χ1v) is 13.5. The lowest BCUT2D eigenvalue weighted by Gasteiger charge is -2.22. The van der Waals surface area contributed by atoms with Gasteiger partial charge in [0.05, 0.1) is 36.2 Å². The SMILES string of the molecule is COc1ccc(N(C)C(=O)CCS(=O)(=O)c2cc(Br)cc3c2N(C(=O)C2CC2)CC3)c(OC)c1. The standard InChI is InChI=1S/C24H27BrN2O6S/c1-26(19-7-6-18(32-2)14-20(19)33-3)22(28)9-11-34(30,31)21-13-17(25)12-16-8-10-27(23(16)21)24(29)15-4-5-15/h6-7,12-15H,4-5,8-11H2,1-3H3. The second-order valence-electron chi connectivity index (χ2n) is 8.49. The van der Waals surface area contributed by atoms with Gasteiger partial charge in [0.15, 0.2) is 9.84 Å². The molecule has 2 amide bonds. The van der Waals surface area contributed by atoms with Gasteiger partial charge in [-0.1, -0.05) is 15.9 Å². The van der Waals surface area contributed by atoms with Gasteiger partial charge in [0.25, 0.3) is 0 Å². The molecule has 0 radical (unpaired) electrons. The van der Waals surface area contributed by atoms with Crippen LogP contribution in [-0.2, 0) is 25.8 Å². The van der Waals surface area contributed by atoms with E-state index in [9.17, 15) is 18.0 Å². The van der Waals surface area contributed by atoms with Crippen LogP contribution in [0.15, 0.2) is 39.7 Å². The molecule has 34 heavy (non-hydrogen) atoms. The van der Waals surface area contributed by atoms with Gasteiger partial charge in [0.2, 0.25) is 11.8 Å². The Morgan fingerprint density at radius 1 is 1.15 bits per heavy atom. The molecule has 0 aromatic heterocycles. The number of fused-ring (bicyclic) bond motifs is 1. The molecule has 0 atom stereocenters. The van der Waals surface area contributed by atoms with Crippen LogP contribution in [0.5, 0.6) is 11.5 Å². The summed E-state index contributed by atoms with van der Waals surface area (Å²) in [5, 5.41) is 0. The molecule has 2 aromatic rings. The highest BCUT2D eigenvalue weighted by molar-refractivity contribution is 9.10. The Kier molecular flexibility index (Phi) is 6.91. The predicted octanol–water partition coefficient (Wildman–Crippen LogP) is 3.59. The van der Waals surface area contributed by atoms with Crippen molar-refractivity contribution in [1.29, 1.82) is 0 Å². The molecular weight excluding hydrogens is 524 g/mol. The van der Waals surface area contributed by atoms with E-state index in [1.165, 1.54) is 25.2 Å². The van der Waals surface area contributed by atoms with Gasteiger partial charge in [0.1, 0.15) is 11.5 Å². The number of anilines is 2. The van der Waals surface area contributed by atoms with Gasteiger partial charge in [-0.25, -0.2) is 8.42 Å². The second-order valence-corrected chi connectivity index (χ2v) is 11.5. The summed E-state index contributed by atoms with van der Waals surface area (Å²) < 4.78 is 38.0. The lowest BCUT2D eigenvalue weighted by Crippen LogP contribution is -2.32. The Bertz CT molecular complexity index is 1240. The summed E-state index contributed by atoms with van der Waals surface area (Å²) in [7, 11) is 0.760. The molecule has 0 N–H and O–H groups in total. The lowest BCUT2D eigenvalue weighted by atomic mass is 10.2. The minimum atomic E-state index is -3.84. The van der Waals surface area contributed by atoms with Gasteiger partial charge >= 0.3 is 0 Å². The molecule has 0 unspecified atom stereocenters. The van der Waals surface area contributed by atoms with Gasteiger partial charge in [-0.05, 0) is 49.1 Å². The molecule has 1 aliphatic carbocycles. The van der Waals surface area contributed by atoms with Crippen LogP contribution in [0, 0.1) is 5.92 Å². The average molecular weight is 551 g/mol. The highest BCUT2D eigenvalue weighted by Gasteiger charge is 2.39. The van der Waals surface area contributed by atoms with Crippen LogP contribution in [0.2, 0.25) is 0 Å². The van der Waals surface area contributed by atoms with Gasteiger partial charge in [0, 0.05) is 36.5 Å². The van der Waals surface area contributed by atoms with Crippen LogP contribution >= 0.6 is 15.9 Å². The quantitative estimate of drug-likeness (QED) is 0.498. The van der Waals surface area contributed by atoms with Crippen LogP contribution in [-0.4, -0.2) is 53.8 Å². The monoisotopic (exact) mass is 550 g/mol. The summed E-state index contributed by atoms with van der Waals surface area (Å²) in [5.74, 6) is 0.252. The summed E-state index contributed by atoms with van der Waals surface area (Å²) in [4.78, 5) is 28.8. The van der Waals surface area contributed by atoms with E-state index < -0.39 is 9.84 Å². The maximum absolute atomic E-state index is 13.4. The van der Waals surface area contributed by atoms with Crippen molar-refractivity contribution in [3.63, 3.8) is 0 Å². The van der Waals surface area contributed by atoms with Gasteiger partial charge in [-0.3, -0.25) is 9.59 Å². The highest BCUT2D eigenvalue weighted by Crippen LogP contribution is 2.41. The number of sulfone groups is 1. The number of benzene rings is 2. The van der Waals surface area contributed by atoms with Gasteiger partial charge in [-0.2, -0.15) is 0 Å². The van der Waals surface area contributed by atoms with E-state index in [0.717, 1.165) is 18.4 Å². The first-order chi connectivity index (χ1) is 16.2. The number of hydrogen-bond acceptors (Lipinski definition) is 6. The van der Waals surface area contributed by atoms with Crippen molar-refractivity contribution in [2.24, 2.45) is 5.92 Å². The number of nitrogens with zero attached hydrogens (tertiary/aromatic N) is 2. The Hall–Kier alpha value is -2.59. The molecule has 1 saturated carbocycles. The molecule has 1 fully saturated rings. The Morgan fingerprint density at radius 3 is 2.53 bits per heavy atom. The van der Waals surface area contributed by atoms with E-state index in [4.69, 9.17) is 9.47 Å². The van der Waals surface area contributed by atoms with Crippen molar-refractivity contribution >= 4 is 49.0 Å². The fraction of sp³-hybridized carbons (Fsp3) is 0.417. The van der Waals surface area contributed by atoms with Crippen molar-refractivity contribution < 1.29 is 27.5 Å². The van der Waals surface area contributed by atoms with Crippen LogP contribution < -0.4 is 19.3 Å². The van der Waals surface area contributed by atoms with E-state index >= 15 is 0 Å². The van der Waals surface area contributed by atoms with Crippen molar-refractivity contribution in [1.82, 2.24) is 0 Å². The zero-order valence-electron chi connectivity index (χ0n) is 19.3. The molecular formula is C24H27BrN2O6S. The maximum Gasteiger partial charge on any atom is 0.230 e. The predicted molar refractivity (Wildman–Crippen MR) is 133 cm³/mol. The van der Waals surface area contributed by atoms with E-state index in [1.54, 1.807) is 30.1 Å². The fourth-order valence-corrected chi connectivity index (χ4v) is 6.34. The number of carbonyl (C=O) groups is 2. The van der Waals surface area contributed by atoms with Gasteiger partial charge < -0.3 is 19.3 Å². The Labute approximate surface area is 207 Å². The summed E-state index contributed by atoms with van der Waals surface area (Å²) in [6.07, 6.45) is 2.08. The smallest absolute Gasteiger partial charge is 0.230 e. The minimum Gasteiger partial charge on any atom is -0.497 e. The largest absolute Gasteiger partial charge is 0.497 e. The van der Waals surface area contributed by atoms with Crippen molar-refractivity contribution in [2.75, 3.05) is 43.4 Å². The Balaban J connectivity index is 1.55. The van der Waals surface area contributed by atoms with E-state index in [0.29, 0.717) is 40.3 Å². The van der Waals surface area contributed by atoms with Gasteiger partial charge in [-0.15, -0.1) is 0 Å². The molecule has 182 valence electrons. The summed E-state index contributed by atoms with van der Waals surface area (Å²) in [6, 6.07) is 8.45. The number of hydrogen-bond donors (Lipinski definition) is 0. The zero-order valence-corrected chi connectivity index (χ0v) is 21.7. The molecule has 2 aromatic carbocycles. The number of halogens is 1. The average Bonchev–Trinajstić information content (AvgIpc) is 3.60. The summed E-state index contributed by atoms with van der Waals surface area (Å²) in [6.45, 7) is 0.475. The fourth-order valence-electron chi connectivity index (χ4n) is 4.17. The van der Waals surface area contributed by atoms with E-state index in [-0.39, 0.29) is 34.8 Å². The normalized spacial score (nSPS) is 15.1. The number of rotatable bonds is 8. The topological polar surface area (TPSA) is 93.2 Å². The molecule has 1 heterocycles. The van der Waals surface area contributed by atoms with E-state index in [2.05, 4.69) is 15.9 Å². The first-order valence-electron chi connectivity index (χ1n) is 11.0. The third-order valence-corrected chi connectivity index (χ3v) is 8.41. The second kappa shape index (κ2) is 9.58. The maximum atomic E-state index is 13.4. The van der Waals surface area contributed by atoms with Crippen LogP contribution in [0.1, 0.15) is 24.8 Å². The van der Waals surface area contributed by atoms with Crippen LogP contribution in [0.25, 0.3) is 0 Å². The number of ether oxygens (including phenoxy) is 2. The molecule has 0 spiro atoms. The number of carbonyl (C=O) groups excluding carboxylic acids is 2.